The van der Waals surface area contributed by atoms with Crippen molar-refractivity contribution in [3.8, 4) is 0 Å². The Bertz CT molecular complexity index is 278. The van der Waals surface area contributed by atoms with Crippen LogP contribution in [0.1, 0.15) is 38.5 Å². The maximum absolute atomic E-state index is 11.7. The van der Waals surface area contributed by atoms with Gasteiger partial charge in [-0.25, -0.2) is 0 Å². The molecule has 15 heavy (non-hydrogen) atoms. The van der Waals surface area contributed by atoms with Crippen molar-refractivity contribution in [2.24, 2.45) is 11.7 Å². The predicted octanol–water partition coefficient (Wildman–Crippen LogP) is 0.653. The van der Waals surface area contributed by atoms with Gasteiger partial charge >= 0.3 is 0 Å². The van der Waals surface area contributed by atoms with Gasteiger partial charge in [0.25, 0.3) is 0 Å². The number of primary amides is 1. The molecule has 0 bridgehead atoms. The zero-order valence-corrected chi connectivity index (χ0v) is 8.95. The van der Waals surface area contributed by atoms with Gasteiger partial charge in [-0.3, -0.25) is 9.59 Å². The molecule has 2 rings (SSSR count). The quantitative estimate of drug-likeness (QED) is 0.727. The lowest BCUT2D eigenvalue weighted by Gasteiger charge is -2.25. The van der Waals surface area contributed by atoms with Gasteiger partial charge in [-0.05, 0) is 18.8 Å². The number of hydrogen-bond acceptors (Lipinski definition) is 2. The second kappa shape index (κ2) is 4.21. The second-order valence-corrected chi connectivity index (χ2v) is 4.66. The maximum atomic E-state index is 11.7. The van der Waals surface area contributed by atoms with Gasteiger partial charge in [-0.15, -0.1) is 0 Å². The molecule has 4 nitrogen and oxygen atoms in total. The van der Waals surface area contributed by atoms with E-state index < -0.39 is 5.91 Å². The highest BCUT2D eigenvalue weighted by Gasteiger charge is 2.40. The second-order valence-electron chi connectivity index (χ2n) is 4.66. The molecule has 2 aliphatic rings. The molecule has 84 valence electrons. The number of rotatable bonds is 2. The average molecular weight is 210 g/mol. The Morgan fingerprint density at radius 1 is 1.33 bits per heavy atom. The molecule has 1 saturated carbocycles. The Balaban J connectivity index is 2.08. The van der Waals surface area contributed by atoms with Crippen molar-refractivity contribution < 1.29 is 9.59 Å². The van der Waals surface area contributed by atoms with Crippen LogP contribution in [0.4, 0.5) is 0 Å². The summed E-state index contributed by atoms with van der Waals surface area (Å²) in [5, 5.41) is 0. The number of nitrogens with zero attached hydrogens (tertiary/aromatic N) is 1. The van der Waals surface area contributed by atoms with E-state index in [-0.39, 0.29) is 18.5 Å². The van der Waals surface area contributed by atoms with Gasteiger partial charge in [-0.1, -0.05) is 19.3 Å². The smallest absolute Gasteiger partial charge is 0.237 e. The average Bonchev–Trinajstić information content (AvgIpc) is 2.39. The minimum Gasteiger partial charge on any atom is -0.368 e. The van der Waals surface area contributed by atoms with Crippen molar-refractivity contribution in [3.63, 3.8) is 0 Å². The van der Waals surface area contributed by atoms with E-state index in [2.05, 4.69) is 0 Å². The SMILES string of the molecule is NC(=O)CN1C(=O)C[C@@H]2CCCCC[C@@H]21. The van der Waals surface area contributed by atoms with Gasteiger partial charge in [-0.2, -0.15) is 0 Å². The summed E-state index contributed by atoms with van der Waals surface area (Å²) in [5.74, 6) is 0.193. The first-order valence-corrected chi connectivity index (χ1v) is 5.76. The van der Waals surface area contributed by atoms with Crippen LogP contribution in [0.5, 0.6) is 0 Å². The molecular weight excluding hydrogens is 192 g/mol. The van der Waals surface area contributed by atoms with Crippen molar-refractivity contribution in [2.75, 3.05) is 6.54 Å². The molecule has 1 aliphatic carbocycles. The molecule has 4 heteroatoms. The Morgan fingerprint density at radius 2 is 2.07 bits per heavy atom. The first-order valence-electron chi connectivity index (χ1n) is 5.76. The predicted molar refractivity (Wildman–Crippen MR) is 55.9 cm³/mol. The molecule has 0 aromatic heterocycles. The minimum atomic E-state index is -0.395. The Kier molecular flexibility index (Phi) is 2.93. The first-order chi connectivity index (χ1) is 7.18. The largest absolute Gasteiger partial charge is 0.368 e. The molecule has 1 aliphatic heterocycles. The fourth-order valence-electron chi connectivity index (χ4n) is 2.91. The van der Waals surface area contributed by atoms with Gasteiger partial charge in [0.2, 0.25) is 11.8 Å². The van der Waals surface area contributed by atoms with E-state index >= 15 is 0 Å². The number of carbonyl (C=O) groups excluding carboxylic acids is 2. The summed E-state index contributed by atoms with van der Waals surface area (Å²) in [6, 6.07) is 0.285. The number of hydrogen-bond donors (Lipinski definition) is 1. The van der Waals surface area contributed by atoms with Crippen molar-refractivity contribution in [1.29, 1.82) is 0 Å². The minimum absolute atomic E-state index is 0.111. The fraction of sp³-hybridized carbons (Fsp3) is 0.818. The number of likely N-dealkylation sites (tertiary alicyclic amines) is 1. The zero-order valence-electron chi connectivity index (χ0n) is 8.95. The summed E-state index contributed by atoms with van der Waals surface area (Å²) in [6.45, 7) is 0.111. The van der Waals surface area contributed by atoms with Crippen LogP contribution in [0.2, 0.25) is 0 Å². The monoisotopic (exact) mass is 210 g/mol. The van der Waals surface area contributed by atoms with Gasteiger partial charge in [0.05, 0.1) is 6.54 Å². The van der Waals surface area contributed by atoms with Crippen LogP contribution in [0, 0.1) is 5.92 Å². The maximum Gasteiger partial charge on any atom is 0.237 e. The van der Waals surface area contributed by atoms with E-state index in [9.17, 15) is 9.59 Å². The van der Waals surface area contributed by atoms with Crippen LogP contribution in [0.15, 0.2) is 0 Å². The summed E-state index contributed by atoms with van der Waals surface area (Å²) in [4.78, 5) is 24.3. The lowest BCUT2D eigenvalue weighted by Crippen LogP contribution is -2.41. The Labute approximate surface area is 89.8 Å². The van der Waals surface area contributed by atoms with E-state index in [1.54, 1.807) is 4.90 Å². The van der Waals surface area contributed by atoms with E-state index in [0.29, 0.717) is 12.3 Å². The molecule has 0 spiro atoms. The molecule has 1 heterocycles. The fourth-order valence-corrected chi connectivity index (χ4v) is 2.91. The highest BCUT2D eigenvalue weighted by atomic mass is 16.2. The molecule has 0 unspecified atom stereocenters. The molecule has 2 atom stereocenters. The number of amides is 2. The number of fused-ring (bicyclic) bond motifs is 1. The van der Waals surface area contributed by atoms with Crippen molar-refractivity contribution in [3.05, 3.63) is 0 Å². The Morgan fingerprint density at radius 3 is 2.80 bits per heavy atom. The number of carbonyl (C=O) groups is 2. The topological polar surface area (TPSA) is 63.4 Å². The van der Waals surface area contributed by atoms with Crippen molar-refractivity contribution in [1.82, 2.24) is 4.90 Å². The van der Waals surface area contributed by atoms with Crippen LogP contribution in [0.3, 0.4) is 0 Å². The molecule has 0 aromatic carbocycles. The normalized spacial score (nSPS) is 31.2. The van der Waals surface area contributed by atoms with Crippen molar-refractivity contribution in [2.45, 2.75) is 44.6 Å². The summed E-state index contributed by atoms with van der Waals surface area (Å²) in [5.41, 5.74) is 5.16. The van der Waals surface area contributed by atoms with Crippen LogP contribution in [-0.2, 0) is 9.59 Å². The summed E-state index contributed by atoms with van der Waals surface area (Å²) in [6.07, 6.45) is 6.45. The third-order valence-electron chi connectivity index (χ3n) is 3.60. The lowest BCUT2D eigenvalue weighted by atomic mass is 9.95. The zero-order chi connectivity index (χ0) is 10.8. The third kappa shape index (κ3) is 2.13. The van der Waals surface area contributed by atoms with Gasteiger partial charge in [0.1, 0.15) is 0 Å². The molecule has 0 radical (unpaired) electrons. The molecule has 0 aromatic rings. The van der Waals surface area contributed by atoms with E-state index in [1.165, 1.54) is 19.3 Å². The molecule has 1 saturated heterocycles. The van der Waals surface area contributed by atoms with Crippen LogP contribution in [-0.4, -0.2) is 29.3 Å². The van der Waals surface area contributed by atoms with Gasteiger partial charge in [0, 0.05) is 12.5 Å². The van der Waals surface area contributed by atoms with Crippen LogP contribution in [0.25, 0.3) is 0 Å². The standard InChI is InChI=1S/C11H18N2O2/c12-10(14)7-13-9-5-3-1-2-4-8(9)6-11(13)15/h8-9H,1-7H2,(H2,12,14)/t8-,9-/m0/s1. The highest BCUT2D eigenvalue weighted by molar-refractivity contribution is 5.85. The van der Waals surface area contributed by atoms with Gasteiger partial charge in [0.15, 0.2) is 0 Å². The Hall–Kier alpha value is -1.06. The molecule has 2 amide bonds. The molecule has 2 fully saturated rings. The van der Waals surface area contributed by atoms with E-state index in [0.717, 1.165) is 12.8 Å². The highest BCUT2D eigenvalue weighted by Crippen LogP contribution is 2.35. The molecule has 2 N–H and O–H groups in total. The summed E-state index contributed by atoms with van der Waals surface area (Å²) < 4.78 is 0. The van der Waals surface area contributed by atoms with E-state index in [1.807, 2.05) is 0 Å². The summed E-state index contributed by atoms with van der Waals surface area (Å²) in [7, 11) is 0. The van der Waals surface area contributed by atoms with Crippen LogP contribution < -0.4 is 5.73 Å². The van der Waals surface area contributed by atoms with E-state index in [4.69, 9.17) is 5.73 Å². The third-order valence-corrected chi connectivity index (χ3v) is 3.60. The molecular formula is C11H18N2O2. The number of nitrogens with two attached hydrogens (primary N) is 1. The first kappa shape index (κ1) is 10.5. The van der Waals surface area contributed by atoms with Gasteiger partial charge < -0.3 is 10.6 Å². The van der Waals surface area contributed by atoms with Crippen molar-refractivity contribution >= 4 is 11.8 Å². The lowest BCUT2D eigenvalue weighted by molar-refractivity contribution is -0.133. The van der Waals surface area contributed by atoms with Crippen LogP contribution >= 0.6 is 0 Å². The summed E-state index contributed by atoms with van der Waals surface area (Å²) >= 11 is 0.